The highest BCUT2D eigenvalue weighted by Crippen LogP contribution is 2.27. The van der Waals surface area contributed by atoms with Crippen molar-refractivity contribution in [3.63, 3.8) is 0 Å². The molecule has 4 nitrogen and oxygen atoms in total. The third-order valence-electron chi connectivity index (χ3n) is 3.69. The van der Waals surface area contributed by atoms with Gasteiger partial charge in [-0.1, -0.05) is 43.3 Å². The fraction of sp³-hybridized carbons (Fsp3) is 0.500. The molecular weight excluding hydrogens is 250 g/mol. The van der Waals surface area contributed by atoms with E-state index in [4.69, 9.17) is 10.3 Å². The van der Waals surface area contributed by atoms with Gasteiger partial charge in [-0.3, -0.25) is 0 Å². The molecule has 0 atom stereocenters. The molecule has 1 heterocycles. The maximum Gasteiger partial charge on any atom is 0.226 e. The minimum absolute atomic E-state index is 0.214. The van der Waals surface area contributed by atoms with Crippen molar-refractivity contribution in [3.8, 4) is 11.4 Å². The molecule has 1 aromatic heterocycles. The van der Waals surface area contributed by atoms with Crippen molar-refractivity contribution in [1.29, 1.82) is 0 Å². The molecule has 20 heavy (non-hydrogen) atoms. The first-order valence-corrected chi connectivity index (χ1v) is 7.10. The van der Waals surface area contributed by atoms with Crippen molar-refractivity contribution in [2.75, 3.05) is 6.54 Å². The van der Waals surface area contributed by atoms with Crippen LogP contribution in [-0.4, -0.2) is 16.7 Å². The van der Waals surface area contributed by atoms with Crippen molar-refractivity contribution in [1.82, 2.24) is 10.1 Å². The molecule has 2 N–H and O–H groups in total. The summed E-state index contributed by atoms with van der Waals surface area (Å²) in [4.78, 5) is 4.50. The third kappa shape index (κ3) is 3.67. The van der Waals surface area contributed by atoms with Gasteiger partial charge < -0.3 is 10.3 Å². The summed E-state index contributed by atoms with van der Waals surface area (Å²) >= 11 is 0. The maximum absolute atomic E-state index is 5.63. The molecule has 1 aromatic carbocycles. The molecule has 108 valence electrons. The Labute approximate surface area is 120 Å². The van der Waals surface area contributed by atoms with E-state index in [2.05, 4.69) is 37.0 Å². The molecule has 0 bridgehead atoms. The molecule has 0 saturated carbocycles. The highest BCUT2D eigenvalue weighted by Gasteiger charge is 2.19. The van der Waals surface area contributed by atoms with Gasteiger partial charge in [0.1, 0.15) is 0 Å². The summed E-state index contributed by atoms with van der Waals surface area (Å²) < 4.78 is 5.36. The van der Waals surface area contributed by atoms with Gasteiger partial charge in [0.15, 0.2) is 0 Å². The zero-order chi connectivity index (χ0) is 14.6. The van der Waals surface area contributed by atoms with Gasteiger partial charge in [-0.15, -0.1) is 0 Å². The lowest BCUT2D eigenvalue weighted by Gasteiger charge is -2.22. The zero-order valence-corrected chi connectivity index (χ0v) is 12.5. The monoisotopic (exact) mass is 273 g/mol. The van der Waals surface area contributed by atoms with E-state index in [1.54, 1.807) is 0 Å². The fourth-order valence-electron chi connectivity index (χ4n) is 2.25. The number of aromatic nitrogens is 2. The van der Waals surface area contributed by atoms with Gasteiger partial charge >= 0.3 is 0 Å². The lowest BCUT2D eigenvalue weighted by Crippen LogP contribution is -2.17. The molecule has 0 aliphatic carbocycles. The standard InChI is InChI=1S/C16H23N3O/c1-12-6-4-5-7-13(12)15-18-14(20-19-15)8-9-16(2,3)10-11-17/h4-7H,8-11,17H2,1-3H3. The summed E-state index contributed by atoms with van der Waals surface area (Å²) in [6, 6.07) is 8.07. The first-order valence-electron chi connectivity index (χ1n) is 7.10. The average Bonchev–Trinajstić information content (AvgIpc) is 2.86. The smallest absolute Gasteiger partial charge is 0.226 e. The normalized spacial score (nSPS) is 11.8. The van der Waals surface area contributed by atoms with Gasteiger partial charge in [-0.05, 0) is 37.3 Å². The van der Waals surface area contributed by atoms with Crippen LogP contribution in [0.1, 0.15) is 38.1 Å². The van der Waals surface area contributed by atoms with Crippen molar-refractivity contribution in [3.05, 3.63) is 35.7 Å². The van der Waals surface area contributed by atoms with E-state index in [0.29, 0.717) is 18.3 Å². The number of aryl methyl sites for hydroxylation is 2. The van der Waals surface area contributed by atoms with Crippen LogP contribution in [0.15, 0.2) is 28.8 Å². The molecule has 0 radical (unpaired) electrons. The quantitative estimate of drug-likeness (QED) is 0.876. The number of rotatable bonds is 6. The average molecular weight is 273 g/mol. The van der Waals surface area contributed by atoms with Crippen molar-refractivity contribution < 1.29 is 4.52 Å². The van der Waals surface area contributed by atoms with Crippen molar-refractivity contribution in [2.24, 2.45) is 11.1 Å². The van der Waals surface area contributed by atoms with Crippen LogP contribution in [0.5, 0.6) is 0 Å². The summed E-state index contributed by atoms with van der Waals surface area (Å²) in [5.74, 6) is 1.38. The minimum Gasteiger partial charge on any atom is -0.339 e. The number of benzene rings is 1. The summed E-state index contributed by atoms with van der Waals surface area (Å²) in [6.45, 7) is 7.21. The highest BCUT2D eigenvalue weighted by atomic mass is 16.5. The molecule has 0 amide bonds. The highest BCUT2D eigenvalue weighted by molar-refractivity contribution is 5.58. The number of nitrogens with two attached hydrogens (primary N) is 1. The predicted molar refractivity (Wildman–Crippen MR) is 80.2 cm³/mol. The Morgan fingerprint density at radius 2 is 1.95 bits per heavy atom. The lowest BCUT2D eigenvalue weighted by molar-refractivity contribution is 0.289. The van der Waals surface area contributed by atoms with Crippen LogP contribution >= 0.6 is 0 Å². The minimum atomic E-state index is 0.214. The van der Waals surface area contributed by atoms with E-state index < -0.39 is 0 Å². The Bertz CT molecular complexity index is 560. The van der Waals surface area contributed by atoms with E-state index in [9.17, 15) is 0 Å². The Morgan fingerprint density at radius 3 is 2.65 bits per heavy atom. The van der Waals surface area contributed by atoms with Crippen LogP contribution < -0.4 is 5.73 Å². The van der Waals surface area contributed by atoms with Crippen LogP contribution in [0.3, 0.4) is 0 Å². The van der Waals surface area contributed by atoms with E-state index in [-0.39, 0.29) is 5.41 Å². The Hall–Kier alpha value is -1.68. The molecule has 0 spiro atoms. The van der Waals surface area contributed by atoms with Gasteiger partial charge in [-0.25, -0.2) is 0 Å². The molecule has 0 aliphatic rings. The van der Waals surface area contributed by atoms with E-state index in [0.717, 1.165) is 30.4 Å². The van der Waals surface area contributed by atoms with Gasteiger partial charge in [0.05, 0.1) is 0 Å². The number of hydrogen-bond donors (Lipinski definition) is 1. The zero-order valence-electron chi connectivity index (χ0n) is 12.5. The van der Waals surface area contributed by atoms with Crippen molar-refractivity contribution >= 4 is 0 Å². The number of hydrogen-bond acceptors (Lipinski definition) is 4. The lowest BCUT2D eigenvalue weighted by atomic mass is 9.84. The van der Waals surface area contributed by atoms with Gasteiger partial charge in [0.25, 0.3) is 0 Å². The van der Waals surface area contributed by atoms with Crippen molar-refractivity contribution in [2.45, 2.75) is 40.0 Å². The predicted octanol–water partition coefficient (Wildman–Crippen LogP) is 3.35. The molecule has 0 unspecified atom stereocenters. The molecule has 2 aromatic rings. The molecular formula is C16H23N3O. The van der Waals surface area contributed by atoms with E-state index in [1.165, 1.54) is 0 Å². The van der Waals surface area contributed by atoms with E-state index >= 15 is 0 Å². The Morgan fingerprint density at radius 1 is 1.20 bits per heavy atom. The summed E-state index contributed by atoms with van der Waals surface area (Å²) in [6.07, 6.45) is 2.80. The summed E-state index contributed by atoms with van der Waals surface area (Å²) in [5.41, 5.74) is 8.03. The molecule has 4 heteroatoms. The van der Waals surface area contributed by atoms with Gasteiger partial charge in [0.2, 0.25) is 11.7 Å². The van der Waals surface area contributed by atoms with Crippen LogP contribution in [0.4, 0.5) is 0 Å². The molecule has 0 saturated heterocycles. The fourth-order valence-corrected chi connectivity index (χ4v) is 2.25. The SMILES string of the molecule is Cc1ccccc1-c1noc(CCC(C)(C)CCN)n1. The molecule has 0 aliphatic heterocycles. The van der Waals surface area contributed by atoms with E-state index in [1.807, 2.05) is 18.2 Å². The second-order valence-corrected chi connectivity index (χ2v) is 6.03. The first kappa shape index (κ1) is 14.7. The van der Waals surface area contributed by atoms with Crippen LogP contribution in [0.25, 0.3) is 11.4 Å². The molecule has 2 rings (SSSR count). The topological polar surface area (TPSA) is 64.9 Å². The van der Waals surface area contributed by atoms with Gasteiger partial charge in [0, 0.05) is 12.0 Å². The Kier molecular flexibility index (Phi) is 4.55. The largest absolute Gasteiger partial charge is 0.339 e. The summed E-state index contributed by atoms with van der Waals surface area (Å²) in [5, 5.41) is 4.08. The third-order valence-corrected chi connectivity index (χ3v) is 3.69. The second kappa shape index (κ2) is 6.18. The number of nitrogens with zero attached hydrogens (tertiary/aromatic N) is 2. The van der Waals surface area contributed by atoms with Gasteiger partial charge in [-0.2, -0.15) is 4.98 Å². The maximum atomic E-state index is 5.63. The van der Waals surface area contributed by atoms with Crippen LogP contribution in [0.2, 0.25) is 0 Å². The Balaban J connectivity index is 2.05. The second-order valence-electron chi connectivity index (χ2n) is 6.03. The first-order chi connectivity index (χ1) is 9.52. The van der Waals surface area contributed by atoms with Crippen LogP contribution in [-0.2, 0) is 6.42 Å². The van der Waals surface area contributed by atoms with Crippen LogP contribution in [0, 0.1) is 12.3 Å². The summed E-state index contributed by atoms with van der Waals surface area (Å²) in [7, 11) is 0. The molecule has 0 fully saturated rings.